The molecule has 94 valence electrons. The van der Waals surface area contributed by atoms with Gasteiger partial charge in [0.2, 0.25) is 5.91 Å². The fourth-order valence-electron chi connectivity index (χ4n) is 1.28. The molecule has 0 fully saturated rings. The van der Waals surface area contributed by atoms with Gasteiger partial charge in [0.1, 0.15) is 0 Å². The summed E-state index contributed by atoms with van der Waals surface area (Å²) < 4.78 is 1.14. The van der Waals surface area contributed by atoms with Gasteiger partial charge in [0, 0.05) is 9.26 Å². The molecule has 1 rings (SSSR count). The van der Waals surface area contributed by atoms with Crippen molar-refractivity contribution < 1.29 is 4.79 Å². The Hall–Kier alpha value is -0.270. The molecule has 0 saturated heterocycles. The first-order valence-electron chi connectivity index (χ1n) is 5.36. The largest absolute Gasteiger partial charge is 0.325 e. The minimum Gasteiger partial charge on any atom is -0.325 e. The van der Waals surface area contributed by atoms with Crippen molar-refractivity contribution in [2.75, 3.05) is 17.3 Å². The maximum atomic E-state index is 11.8. The number of aryl methyl sites for hydroxylation is 1. The van der Waals surface area contributed by atoms with E-state index < -0.39 is 6.04 Å². The van der Waals surface area contributed by atoms with Gasteiger partial charge in [-0.1, -0.05) is 6.07 Å². The summed E-state index contributed by atoms with van der Waals surface area (Å²) >= 11 is 3.95. The summed E-state index contributed by atoms with van der Waals surface area (Å²) in [5, 5.41) is 2.84. The molecule has 0 saturated carbocycles. The van der Waals surface area contributed by atoms with Gasteiger partial charge in [-0.05, 0) is 65.6 Å². The first-order valence-corrected chi connectivity index (χ1v) is 7.83. The summed E-state index contributed by atoms with van der Waals surface area (Å²) in [5.74, 6) is 0.790. The van der Waals surface area contributed by atoms with Crippen LogP contribution in [0.4, 0.5) is 5.69 Å². The molecule has 17 heavy (non-hydrogen) atoms. The fourth-order valence-corrected chi connectivity index (χ4v) is 2.29. The number of nitrogens with one attached hydrogen (secondary N) is 1. The average Bonchev–Trinajstić information content (AvgIpc) is 2.30. The molecule has 5 heteroatoms. The zero-order valence-corrected chi connectivity index (χ0v) is 13.0. The lowest BCUT2D eigenvalue weighted by molar-refractivity contribution is -0.117. The first kappa shape index (κ1) is 14.8. The average molecular weight is 364 g/mol. The third kappa shape index (κ3) is 4.85. The van der Waals surface area contributed by atoms with E-state index in [0.29, 0.717) is 6.42 Å². The monoisotopic (exact) mass is 364 g/mol. The molecule has 0 aliphatic rings. The molecule has 0 aromatic heterocycles. The predicted molar refractivity (Wildman–Crippen MR) is 83.5 cm³/mol. The van der Waals surface area contributed by atoms with Crippen LogP contribution in [-0.2, 0) is 4.79 Å². The third-order valence-corrected chi connectivity index (χ3v) is 4.22. The predicted octanol–water partition coefficient (Wildman–Crippen LogP) is 2.62. The van der Waals surface area contributed by atoms with Crippen LogP contribution in [0.5, 0.6) is 0 Å². The van der Waals surface area contributed by atoms with Crippen molar-refractivity contribution >= 4 is 45.9 Å². The van der Waals surface area contributed by atoms with E-state index in [1.165, 1.54) is 5.56 Å². The van der Waals surface area contributed by atoms with Crippen LogP contribution in [0.2, 0.25) is 0 Å². The van der Waals surface area contributed by atoms with E-state index >= 15 is 0 Å². The Bertz CT molecular complexity index is 398. The standard InChI is InChI=1S/C12H17IN2OS/c1-8-3-4-9(7-10(8)13)15-12(16)11(14)5-6-17-2/h3-4,7,11H,5-6,14H2,1-2H3,(H,15,16)/t11-/m0/s1. The molecule has 1 atom stereocenters. The summed E-state index contributed by atoms with van der Waals surface area (Å²) in [7, 11) is 0. The van der Waals surface area contributed by atoms with Gasteiger partial charge in [0.05, 0.1) is 6.04 Å². The zero-order valence-electron chi connectivity index (χ0n) is 10.00. The highest BCUT2D eigenvalue weighted by Crippen LogP contribution is 2.17. The molecule has 1 aromatic rings. The second kappa shape index (κ2) is 7.23. The Morgan fingerprint density at radius 2 is 2.29 bits per heavy atom. The minimum atomic E-state index is -0.429. The van der Waals surface area contributed by atoms with Gasteiger partial charge < -0.3 is 11.1 Å². The van der Waals surface area contributed by atoms with E-state index in [1.807, 2.05) is 31.4 Å². The molecule has 3 N–H and O–H groups in total. The van der Waals surface area contributed by atoms with Crippen molar-refractivity contribution in [1.82, 2.24) is 0 Å². The lowest BCUT2D eigenvalue weighted by Crippen LogP contribution is -2.36. The third-order valence-electron chi connectivity index (χ3n) is 2.41. The van der Waals surface area contributed by atoms with Gasteiger partial charge in [-0.2, -0.15) is 11.8 Å². The number of halogens is 1. The van der Waals surface area contributed by atoms with Crippen molar-refractivity contribution in [3.05, 3.63) is 27.3 Å². The van der Waals surface area contributed by atoms with E-state index in [2.05, 4.69) is 27.9 Å². The number of anilines is 1. The SMILES string of the molecule is CSCC[C@H](N)C(=O)Nc1ccc(C)c(I)c1. The summed E-state index contributed by atoms with van der Waals surface area (Å²) in [6.45, 7) is 2.04. The first-order chi connectivity index (χ1) is 8.04. The molecule has 0 radical (unpaired) electrons. The summed E-state index contributed by atoms with van der Waals surface area (Å²) in [5.41, 5.74) is 7.81. The zero-order chi connectivity index (χ0) is 12.8. The highest BCUT2D eigenvalue weighted by molar-refractivity contribution is 14.1. The number of hydrogen-bond acceptors (Lipinski definition) is 3. The van der Waals surface area contributed by atoms with Crippen LogP contribution in [0.3, 0.4) is 0 Å². The molecular weight excluding hydrogens is 347 g/mol. The summed E-state index contributed by atoms with van der Waals surface area (Å²) in [6, 6.07) is 5.41. The van der Waals surface area contributed by atoms with Crippen molar-refractivity contribution in [2.24, 2.45) is 5.73 Å². The quantitative estimate of drug-likeness (QED) is 0.790. The maximum Gasteiger partial charge on any atom is 0.241 e. The van der Waals surface area contributed by atoms with Gasteiger partial charge in [-0.25, -0.2) is 0 Å². The van der Waals surface area contributed by atoms with Gasteiger partial charge >= 0.3 is 0 Å². The van der Waals surface area contributed by atoms with Gasteiger partial charge in [0.15, 0.2) is 0 Å². The van der Waals surface area contributed by atoms with Crippen molar-refractivity contribution in [3.8, 4) is 0 Å². The van der Waals surface area contributed by atoms with Crippen LogP contribution in [-0.4, -0.2) is 24.0 Å². The fraction of sp³-hybridized carbons (Fsp3) is 0.417. The number of thioether (sulfide) groups is 1. The molecular formula is C12H17IN2OS. The number of rotatable bonds is 5. The highest BCUT2D eigenvalue weighted by atomic mass is 127. The Balaban J connectivity index is 2.58. The highest BCUT2D eigenvalue weighted by Gasteiger charge is 2.13. The molecule has 0 aliphatic carbocycles. The molecule has 0 bridgehead atoms. The number of amides is 1. The number of nitrogens with two attached hydrogens (primary N) is 1. The van der Waals surface area contributed by atoms with Crippen LogP contribution in [0.25, 0.3) is 0 Å². The lowest BCUT2D eigenvalue weighted by Gasteiger charge is -2.12. The van der Waals surface area contributed by atoms with Crippen LogP contribution < -0.4 is 11.1 Å². The molecule has 3 nitrogen and oxygen atoms in total. The maximum absolute atomic E-state index is 11.8. The molecule has 1 amide bonds. The Labute approximate surface area is 120 Å². The van der Waals surface area contributed by atoms with Crippen LogP contribution in [0, 0.1) is 10.5 Å². The van der Waals surface area contributed by atoms with E-state index in [-0.39, 0.29) is 5.91 Å². The number of hydrogen-bond donors (Lipinski definition) is 2. The summed E-state index contributed by atoms with van der Waals surface area (Å²) in [4.78, 5) is 11.8. The van der Waals surface area contributed by atoms with E-state index in [9.17, 15) is 4.79 Å². The van der Waals surface area contributed by atoms with Crippen LogP contribution in [0.15, 0.2) is 18.2 Å². The van der Waals surface area contributed by atoms with Crippen molar-refractivity contribution in [2.45, 2.75) is 19.4 Å². The molecule has 0 heterocycles. The molecule has 0 spiro atoms. The Morgan fingerprint density at radius 3 is 2.88 bits per heavy atom. The second-order valence-electron chi connectivity index (χ2n) is 3.84. The Kier molecular flexibility index (Phi) is 6.29. The Morgan fingerprint density at radius 1 is 1.59 bits per heavy atom. The van der Waals surface area contributed by atoms with E-state index in [0.717, 1.165) is 15.0 Å². The molecule has 1 aromatic carbocycles. The van der Waals surface area contributed by atoms with Crippen LogP contribution >= 0.6 is 34.4 Å². The van der Waals surface area contributed by atoms with Gasteiger partial charge in [-0.3, -0.25) is 4.79 Å². The van der Waals surface area contributed by atoms with Gasteiger partial charge in [0.25, 0.3) is 0 Å². The van der Waals surface area contributed by atoms with Crippen molar-refractivity contribution in [3.63, 3.8) is 0 Å². The molecule has 0 aliphatic heterocycles. The topological polar surface area (TPSA) is 55.1 Å². The van der Waals surface area contributed by atoms with E-state index in [1.54, 1.807) is 11.8 Å². The van der Waals surface area contributed by atoms with Gasteiger partial charge in [-0.15, -0.1) is 0 Å². The number of carbonyl (C=O) groups is 1. The number of carbonyl (C=O) groups excluding carboxylic acids is 1. The lowest BCUT2D eigenvalue weighted by atomic mass is 10.2. The number of benzene rings is 1. The molecule has 0 unspecified atom stereocenters. The second-order valence-corrected chi connectivity index (χ2v) is 5.99. The normalized spacial score (nSPS) is 12.2. The van der Waals surface area contributed by atoms with Crippen LogP contribution in [0.1, 0.15) is 12.0 Å². The minimum absolute atomic E-state index is 0.112. The van der Waals surface area contributed by atoms with Crippen molar-refractivity contribution in [1.29, 1.82) is 0 Å². The summed E-state index contributed by atoms with van der Waals surface area (Å²) in [6.07, 6.45) is 2.71. The van der Waals surface area contributed by atoms with E-state index in [4.69, 9.17) is 5.73 Å². The smallest absolute Gasteiger partial charge is 0.241 e.